The highest BCUT2D eigenvalue weighted by molar-refractivity contribution is 9.10. The summed E-state index contributed by atoms with van der Waals surface area (Å²) in [5.74, 6) is 6.92. The average Bonchev–Trinajstić information content (AvgIpc) is 2.49. The zero-order valence-corrected chi connectivity index (χ0v) is 13.2. The molecule has 0 atom stereocenters. The highest BCUT2D eigenvalue weighted by atomic mass is 79.9. The molecule has 0 amide bonds. The maximum atomic E-state index is 5.55. The summed E-state index contributed by atoms with van der Waals surface area (Å²) in [6.45, 7) is 0. The Labute approximate surface area is 128 Å². The molecule has 2 rings (SSSR count). The Morgan fingerprint density at radius 1 is 1.35 bits per heavy atom. The van der Waals surface area contributed by atoms with Crippen molar-refractivity contribution in [3.63, 3.8) is 0 Å². The van der Waals surface area contributed by atoms with E-state index in [1.54, 1.807) is 7.11 Å². The number of anilines is 1. The second kappa shape index (κ2) is 7.50. The number of methoxy groups -OCH3 is 1. The zero-order chi connectivity index (χ0) is 14.4. The van der Waals surface area contributed by atoms with E-state index < -0.39 is 0 Å². The van der Waals surface area contributed by atoms with Crippen LogP contribution in [-0.2, 0) is 0 Å². The lowest BCUT2D eigenvalue weighted by Crippen LogP contribution is -2.37. The van der Waals surface area contributed by atoms with Crippen LogP contribution in [0.5, 0.6) is 5.75 Å². The zero-order valence-electron chi connectivity index (χ0n) is 11.7. The van der Waals surface area contributed by atoms with Crippen molar-refractivity contribution < 1.29 is 4.74 Å². The molecule has 0 aliphatic heterocycles. The van der Waals surface area contributed by atoms with Gasteiger partial charge in [-0.15, -0.1) is 0 Å². The molecule has 0 unspecified atom stereocenters. The minimum atomic E-state index is 0.361. The summed E-state index contributed by atoms with van der Waals surface area (Å²) in [7, 11) is 1.64. The molecule has 4 N–H and O–H groups in total. The van der Waals surface area contributed by atoms with Gasteiger partial charge in [0.15, 0.2) is 0 Å². The molecule has 1 aliphatic rings. The maximum absolute atomic E-state index is 5.55. The van der Waals surface area contributed by atoms with E-state index in [-0.39, 0.29) is 0 Å². The van der Waals surface area contributed by atoms with Crippen molar-refractivity contribution >= 4 is 27.6 Å². The standard InChI is InChI=1S/C14H21BrN4O/c1-20-13-9-11(7-8-12(13)15)18-14(19-16)17-10-5-3-2-4-6-10/h7-10H,2-6,16H2,1H3,(H2,17,18,19). The van der Waals surface area contributed by atoms with Gasteiger partial charge in [-0.3, -0.25) is 5.43 Å². The average molecular weight is 341 g/mol. The minimum Gasteiger partial charge on any atom is -0.495 e. The molecule has 1 aromatic carbocycles. The SMILES string of the molecule is COc1cc(NC(=NC2CCCCC2)NN)ccc1Br. The second-order valence-electron chi connectivity index (χ2n) is 4.89. The molecule has 1 fully saturated rings. The van der Waals surface area contributed by atoms with Crippen molar-refractivity contribution in [2.75, 3.05) is 12.4 Å². The number of nitrogens with one attached hydrogen (secondary N) is 2. The van der Waals surface area contributed by atoms with Crippen LogP contribution in [0.25, 0.3) is 0 Å². The molecule has 0 spiro atoms. The van der Waals surface area contributed by atoms with Crippen molar-refractivity contribution in [2.24, 2.45) is 10.8 Å². The third-order valence-electron chi connectivity index (χ3n) is 3.44. The number of hydrogen-bond donors (Lipinski definition) is 3. The Morgan fingerprint density at radius 2 is 2.10 bits per heavy atom. The third-order valence-corrected chi connectivity index (χ3v) is 4.09. The van der Waals surface area contributed by atoms with Crippen molar-refractivity contribution in [2.45, 2.75) is 38.1 Å². The largest absolute Gasteiger partial charge is 0.495 e. The number of nitrogens with two attached hydrogens (primary N) is 1. The second-order valence-corrected chi connectivity index (χ2v) is 5.74. The molecular formula is C14H21BrN4O. The van der Waals surface area contributed by atoms with Crippen LogP contribution in [0.1, 0.15) is 32.1 Å². The smallest absolute Gasteiger partial charge is 0.210 e. The summed E-state index contributed by atoms with van der Waals surface area (Å²) >= 11 is 3.43. The summed E-state index contributed by atoms with van der Waals surface area (Å²) in [6.07, 6.45) is 6.08. The van der Waals surface area contributed by atoms with Crippen LogP contribution in [0.2, 0.25) is 0 Å². The summed E-state index contributed by atoms with van der Waals surface area (Å²) < 4.78 is 6.19. The normalized spacial score (nSPS) is 16.9. The van der Waals surface area contributed by atoms with Gasteiger partial charge in [0, 0.05) is 11.8 Å². The lowest BCUT2D eigenvalue weighted by Gasteiger charge is -2.19. The molecule has 0 saturated heterocycles. The Balaban J connectivity index is 2.07. The quantitative estimate of drug-likeness (QED) is 0.342. The number of nitrogens with zero attached hydrogens (tertiary/aromatic N) is 1. The molecule has 6 heteroatoms. The van der Waals surface area contributed by atoms with E-state index in [2.05, 4.69) is 31.7 Å². The van der Waals surface area contributed by atoms with E-state index in [9.17, 15) is 0 Å². The topological polar surface area (TPSA) is 71.7 Å². The van der Waals surface area contributed by atoms with E-state index in [0.717, 1.165) is 28.8 Å². The monoisotopic (exact) mass is 340 g/mol. The predicted octanol–water partition coefficient (Wildman–Crippen LogP) is 3.02. The molecule has 0 bridgehead atoms. The van der Waals surface area contributed by atoms with Crippen molar-refractivity contribution in [1.29, 1.82) is 0 Å². The predicted molar refractivity (Wildman–Crippen MR) is 85.9 cm³/mol. The number of benzene rings is 1. The van der Waals surface area contributed by atoms with Gasteiger partial charge in [0.2, 0.25) is 5.96 Å². The van der Waals surface area contributed by atoms with E-state index in [1.807, 2.05) is 18.2 Å². The van der Waals surface area contributed by atoms with Gasteiger partial charge in [0.05, 0.1) is 17.6 Å². The minimum absolute atomic E-state index is 0.361. The van der Waals surface area contributed by atoms with Crippen LogP contribution in [0.4, 0.5) is 5.69 Å². The molecular weight excluding hydrogens is 320 g/mol. The fraction of sp³-hybridized carbons (Fsp3) is 0.500. The Bertz CT molecular complexity index is 472. The number of aliphatic imine (C=N–C) groups is 1. The number of guanidine groups is 1. The molecule has 1 saturated carbocycles. The Kier molecular flexibility index (Phi) is 5.67. The van der Waals surface area contributed by atoms with E-state index in [4.69, 9.17) is 10.6 Å². The van der Waals surface area contributed by atoms with Crippen LogP contribution in [0.15, 0.2) is 27.7 Å². The Morgan fingerprint density at radius 3 is 2.75 bits per heavy atom. The third kappa shape index (κ3) is 4.11. The van der Waals surface area contributed by atoms with Crippen molar-refractivity contribution in [3.8, 4) is 5.75 Å². The van der Waals surface area contributed by atoms with Crippen LogP contribution in [0.3, 0.4) is 0 Å². The van der Waals surface area contributed by atoms with Gasteiger partial charge in [-0.25, -0.2) is 10.8 Å². The van der Waals surface area contributed by atoms with Crippen LogP contribution < -0.4 is 21.3 Å². The molecule has 110 valence electrons. The van der Waals surface area contributed by atoms with Gasteiger partial charge < -0.3 is 10.1 Å². The van der Waals surface area contributed by atoms with E-state index in [0.29, 0.717) is 12.0 Å². The van der Waals surface area contributed by atoms with Crippen LogP contribution in [-0.4, -0.2) is 19.1 Å². The summed E-state index contributed by atoms with van der Waals surface area (Å²) in [5.41, 5.74) is 3.52. The number of ether oxygens (including phenoxy) is 1. The number of hydrazine groups is 1. The molecule has 1 aromatic rings. The molecule has 0 aromatic heterocycles. The summed E-state index contributed by atoms with van der Waals surface area (Å²) in [5, 5.41) is 3.19. The van der Waals surface area contributed by atoms with Gasteiger partial charge in [0.1, 0.15) is 5.75 Å². The van der Waals surface area contributed by atoms with Crippen LogP contribution >= 0.6 is 15.9 Å². The highest BCUT2D eigenvalue weighted by Gasteiger charge is 2.13. The first kappa shape index (κ1) is 15.1. The van der Waals surface area contributed by atoms with E-state index in [1.165, 1.54) is 19.3 Å². The lowest BCUT2D eigenvalue weighted by atomic mass is 9.96. The van der Waals surface area contributed by atoms with Gasteiger partial charge >= 0.3 is 0 Å². The Hall–Kier alpha value is -1.27. The first-order valence-corrected chi connectivity index (χ1v) is 7.67. The molecule has 5 nitrogen and oxygen atoms in total. The lowest BCUT2D eigenvalue weighted by molar-refractivity contribution is 0.412. The number of rotatable bonds is 3. The van der Waals surface area contributed by atoms with Gasteiger partial charge in [-0.2, -0.15) is 0 Å². The maximum Gasteiger partial charge on any atom is 0.210 e. The van der Waals surface area contributed by atoms with Gasteiger partial charge in [-0.05, 0) is 40.9 Å². The van der Waals surface area contributed by atoms with Crippen LogP contribution in [0, 0.1) is 0 Å². The molecule has 1 aliphatic carbocycles. The molecule has 0 heterocycles. The highest BCUT2D eigenvalue weighted by Crippen LogP contribution is 2.28. The number of hydrogen-bond acceptors (Lipinski definition) is 3. The van der Waals surface area contributed by atoms with Crippen molar-refractivity contribution in [1.82, 2.24) is 5.43 Å². The fourth-order valence-corrected chi connectivity index (χ4v) is 2.78. The fourth-order valence-electron chi connectivity index (χ4n) is 2.37. The first-order chi connectivity index (χ1) is 9.72. The van der Waals surface area contributed by atoms with E-state index >= 15 is 0 Å². The first-order valence-electron chi connectivity index (χ1n) is 6.88. The van der Waals surface area contributed by atoms with Crippen molar-refractivity contribution in [3.05, 3.63) is 22.7 Å². The molecule has 0 radical (unpaired) electrons. The summed E-state index contributed by atoms with van der Waals surface area (Å²) in [4.78, 5) is 4.64. The summed E-state index contributed by atoms with van der Waals surface area (Å²) in [6, 6.07) is 6.13. The van der Waals surface area contributed by atoms with Gasteiger partial charge in [-0.1, -0.05) is 19.3 Å². The van der Waals surface area contributed by atoms with Gasteiger partial charge in [0.25, 0.3) is 0 Å². The number of halogens is 1. The molecule has 20 heavy (non-hydrogen) atoms.